The van der Waals surface area contributed by atoms with Crippen LogP contribution in [0.3, 0.4) is 0 Å². The number of aromatic hydroxyl groups is 1. The monoisotopic (exact) mass is 354 g/mol. The van der Waals surface area contributed by atoms with Gasteiger partial charge in [0.25, 0.3) is 0 Å². The highest BCUT2D eigenvalue weighted by Crippen LogP contribution is 2.33. The Morgan fingerprint density at radius 1 is 0.760 bits per heavy atom. The number of unbranched alkanes of at least 4 members (excludes halogenated alkanes) is 7. The van der Waals surface area contributed by atoms with Crippen LogP contribution in [0, 0.1) is 6.92 Å². The molecular formula is C23H30OS. The maximum atomic E-state index is 9.93. The molecule has 1 N–H and O–H groups in total. The molecule has 0 spiro atoms. The lowest BCUT2D eigenvalue weighted by atomic mass is 10.0. The highest BCUT2D eigenvalue weighted by molar-refractivity contribution is 7.19. The van der Waals surface area contributed by atoms with E-state index >= 15 is 0 Å². The summed E-state index contributed by atoms with van der Waals surface area (Å²) in [4.78, 5) is 1.50. The molecule has 0 aliphatic rings. The van der Waals surface area contributed by atoms with Gasteiger partial charge in [-0.3, -0.25) is 0 Å². The Hall–Kier alpha value is -1.54. The van der Waals surface area contributed by atoms with E-state index in [0.29, 0.717) is 5.75 Å². The lowest BCUT2D eigenvalue weighted by Crippen LogP contribution is -1.83. The quantitative estimate of drug-likeness (QED) is 0.389. The maximum Gasteiger partial charge on any atom is 0.119 e. The van der Waals surface area contributed by atoms with E-state index in [4.69, 9.17) is 0 Å². The van der Waals surface area contributed by atoms with Crippen molar-refractivity contribution < 1.29 is 5.11 Å². The minimum Gasteiger partial charge on any atom is -0.508 e. The summed E-state index contributed by atoms with van der Waals surface area (Å²) in [5.74, 6) is 0.390. The van der Waals surface area contributed by atoms with Crippen molar-refractivity contribution >= 4 is 32.2 Å². The first kappa shape index (κ1) is 18.3. The third-order valence-electron chi connectivity index (χ3n) is 5.12. The predicted molar refractivity (Wildman–Crippen MR) is 112 cm³/mol. The van der Waals surface area contributed by atoms with E-state index in [2.05, 4.69) is 31.2 Å². The van der Waals surface area contributed by atoms with Crippen molar-refractivity contribution in [1.29, 1.82) is 0 Å². The van der Waals surface area contributed by atoms with Crippen molar-refractivity contribution in [2.24, 2.45) is 0 Å². The van der Waals surface area contributed by atoms with Crippen LogP contribution >= 0.6 is 11.3 Å². The zero-order valence-corrected chi connectivity index (χ0v) is 16.4. The Morgan fingerprint density at radius 2 is 1.44 bits per heavy atom. The SMILES string of the molecule is CCCCCCCCCCc1cc2cc3cc(O)c(C)cc3cc2s1. The highest BCUT2D eigenvalue weighted by Gasteiger charge is 2.06. The van der Waals surface area contributed by atoms with Crippen LogP contribution < -0.4 is 0 Å². The molecule has 0 unspecified atom stereocenters. The molecule has 2 heteroatoms. The highest BCUT2D eigenvalue weighted by atomic mass is 32.1. The zero-order valence-electron chi connectivity index (χ0n) is 15.6. The number of hydrogen-bond donors (Lipinski definition) is 1. The van der Waals surface area contributed by atoms with Gasteiger partial charge in [0.1, 0.15) is 5.75 Å². The molecule has 3 rings (SSSR count). The lowest BCUT2D eigenvalue weighted by molar-refractivity contribution is 0.472. The Kier molecular flexibility index (Phi) is 6.36. The molecule has 0 aliphatic heterocycles. The fourth-order valence-corrected chi connectivity index (χ4v) is 4.69. The van der Waals surface area contributed by atoms with Crippen LogP contribution in [0.1, 0.15) is 68.7 Å². The number of benzene rings is 2. The number of phenols is 1. The normalized spacial score (nSPS) is 11.6. The summed E-state index contributed by atoms with van der Waals surface area (Å²) in [5, 5.41) is 13.6. The van der Waals surface area contributed by atoms with Crippen LogP contribution in [0.2, 0.25) is 0 Å². The molecule has 0 saturated carbocycles. The van der Waals surface area contributed by atoms with Crippen LogP contribution in [0.4, 0.5) is 0 Å². The van der Waals surface area contributed by atoms with Gasteiger partial charge in [-0.25, -0.2) is 0 Å². The first-order valence-electron chi connectivity index (χ1n) is 9.83. The molecule has 0 saturated heterocycles. The Bertz CT molecular complexity index is 772. The molecule has 25 heavy (non-hydrogen) atoms. The fraction of sp³-hybridized carbons (Fsp3) is 0.478. The minimum absolute atomic E-state index is 0.390. The summed E-state index contributed by atoms with van der Waals surface area (Å²) in [6, 6.07) is 10.8. The Labute approximate surface area is 155 Å². The second-order valence-corrected chi connectivity index (χ2v) is 8.48. The molecule has 1 aromatic heterocycles. The van der Waals surface area contributed by atoms with Gasteiger partial charge in [-0.15, -0.1) is 11.3 Å². The number of hydrogen-bond acceptors (Lipinski definition) is 2. The fourth-order valence-electron chi connectivity index (χ4n) is 3.55. The Morgan fingerprint density at radius 3 is 2.20 bits per heavy atom. The molecule has 0 bridgehead atoms. The number of thiophene rings is 1. The number of rotatable bonds is 9. The minimum atomic E-state index is 0.390. The third-order valence-corrected chi connectivity index (χ3v) is 6.28. The number of phenolic OH excluding ortho intramolecular Hbond substituents is 1. The van der Waals surface area contributed by atoms with Crippen molar-refractivity contribution in [2.75, 3.05) is 0 Å². The zero-order chi connectivity index (χ0) is 17.6. The molecule has 1 heterocycles. The molecule has 0 atom stereocenters. The van der Waals surface area contributed by atoms with Gasteiger partial charge in [0.2, 0.25) is 0 Å². The van der Waals surface area contributed by atoms with Crippen molar-refractivity contribution in [3.63, 3.8) is 0 Å². The first-order chi connectivity index (χ1) is 12.2. The molecule has 3 aromatic rings. The summed E-state index contributed by atoms with van der Waals surface area (Å²) in [6.45, 7) is 4.24. The van der Waals surface area contributed by atoms with Gasteiger partial charge in [0.05, 0.1) is 0 Å². The van der Waals surface area contributed by atoms with Crippen LogP contribution in [0.5, 0.6) is 5.75 Å². The average Bonchev–Trinajstić information content (AvgIpc) is 2.98. The molecule has 0 fully saturated rings. The molecule has 2 aromatic carbocycles. The van der Waals surface area contributed by atoms with E-state index in [9.17, 15) is 5.11 Å². The van der Waals surface area contributed by atoms with Gasteiger partial charge in [0.15, 0.2) is 0 Å². The topological polar surface area (TPSA) is 20.2 Å². The predicted octanol–water partition coefficient (Wildman–Crippen LogP) is 7.75. The van der Waals surface area contributed by atoms with Gasteiger partial charge >= 0.3 is 0 Å². The van der Waals surface area contributed by atoms with Gasteiger partial charge in [-0.2, -0.15) is 0 Å². The van der Waals surface area contributed by atoms with Gasteiger partial charge < -0.3 is 5.11 Å². The molecule has 0 aliphatic carbocycles. The van der Waals surface area contributed by atoms with E-state index in [-0.39, 0.29) is 0 Å². The van der Waals surface area contributed by atoms with Crippen molar-refractivity contribution in [3.8, 4) is 5.75 Å². The van der Waals surface area contributed by atoms with E-state index in [1.165, 1.54) is 78.1 Å². The van der Waals surface area contributed by atoms with Crippen molar-refractivity contribution in [2.45, 2.75) is 71.6 Å². The van der Waals surface area contributed by atoms with Crippen molar-refractivity contribution in [1.82, 2.24) is 0 Å². The molecule has 0 amide bonds. The van der Waals surface area contributed by atoms with Gasteiger partial charge in [0, 0.05) is 9.58 Å². The number of aryl methyl sites for hydroxylation is 2. The van der Waals surface area contributed by atoms with Crippen LogP contribution in [0.15, 0.2) is 30.3 Å². The standard InChI is InChI=1S/C23H30OS/c1-3-4-5-6-7-8-9-10-11-21-14-20-13-19-15-22(24)17(2)12-18(19)16-23(20)25-21/h12-16,24H,3-11H2,1-2H3. The largest absolute Gasteiger partial charge is 0.508 e. The Balaban J connectivity index is 1.57. The maximum absolute atomic E-state index is 9.93. The van der Waals surface area contributed by atoms with Crippen LogP contribution in [-0.2, 0) is 6.42 Å². The van der Waals surface area contributed by atoms with E-state index in [1.807, 2.05) is 24.3 Å². The summed E-state index contributed by atoms with van der Waals surface area (Å²) in [5.41, 5.74) is 0.947. The molecule has 1 nitrogen and oxygen atoms in total. The first-order valence-corrected chi connectivity index (χ1v) is 10.6. The van der Waals surface area contributed by atoms with E-state index < -0.39 is 0 Å². The molecule has 134 valence electrons. The summed E-state index contributed by atoms with van der Waals surface area (Å²) in [7, 11) is 0. The summed E-state index contributed by atoms with van der Waals surface area (Å²) >= 11 is 1.93. The van der Waals surface area contributed by atoms with Crippen LogP contribution in [-0.4, -0.2) is 5.11 Å². The lowest BCUT2D eigenvalue weighted by Gasteiger charge is -2.03. The smallest absolute Gasteiger partial charge is 0.119 e. The average molecular weight is 355 g/mol. The van der Waals surface area contributed by atoms with E-state index in [0.717, 1.165) is 10.9 Å². The van der Waals surface area contributed by atoms with Gasteiger partial charge in [-0.1, -0.05) is 51.9 Å². The third kappa shape index (κ3) is 4.76. The second-order valence-electron chi connectivity index (χ2n) is 7.31. The summed E-state index contributed by atoms with van der Waals surface area (Å²) < 4.78 is 1.37. The molecule has 0 radical (unpaired) electrons. The molecular weight excluding hydrogens is 324 g/mol. The van der Waals surface area contributed by atoms with Gasteiger partial charge in [-0.05, 0) is 71.8 Å². The van der Waals surface area contributed by atoms with E-state index in [1.54, 1.807) is 0 Å². The second kappa shape index (κ2) is 8.71. The summed E-state index contributed by atoms with van der Waals surface area (Å²) in [6.07, 6.45) is 12.2. The van der Waals surface area contributed by atoms with Crippen LogP contribution in [0.25, 0.3) is 20.9 Å². The van der Waals surface area contributed by atoms with Crippen molar-refractivity contribution in [3.05, 3.63) is 40.8 Å². The number of fused-ring (bicyclic) bond motifs is 2.